The molecule has 1 aliphatic rings. The van der Waals surface area contributed by atoms with E-state index >= 15 is 0 Å². The van der Waals surface area contributed by atoms with Crippen LogP contribution in [-0.2, 0) is 17.8 Å². The Bertz CT molecular complexity index is 1030. The first-order chi connectivity index (χ1) is 14.6. The minimum Gasteiger partial charge on any atom is -0.455 e. The number of aromatic nitrogens is 1. The molecule has 6 nitrogen and oxygen atoms in total. The molecule has 0 radical (unpaired) electrons. The van der Waals surface area contributed by atoms with Gasteiger partial charge in [0.2, 0.25) is 0 Å². The Kier molecular flexibility index (Phi) is 6.49. The van der Waals surface area contributed by atoms with Gasteiger partial charge in [-0.1, -0.05) is 29.3 Å². The summed E-state index contributed by atoms with van der Waals surface area (Å²) < 4.78 is 13.0. The van der Waals surface area contributed by atoms with E-state index in [2.05, 4.69) is 33.1 Å². The van der Waals surface area contributed by atoms with Crippen molar-refractivity contribution < 1.29 is 13.9 Å². The van der Waals surface area contributed by atoms with Crippen molar-refractivity contribution in [2.45, 2.75) is 19.1 Å². The Hall–Kier alpha value is -2.25. The Balaban J connectivity index is 1.56. The summed E-state index contributed by atoms with van der Waals surface area (Å²) in [6, 6.07) is 13.5. The Labute approximate surface area is 185 Å². The van der Waals surface area contributed by atoms with Gasteiger partial charge in [-0.15, -0.1) is 0 Å². The number of amides is 1. The molecule has 1 aliphatic heterocycles. The third kappa shape index (κ3) is 4.42. The van der Waals surface area contributed by atoms with Gasteiger partial charge in [0.1, 0.15) is 5.76 Å². The maximum absolute atomic E-state index is 12.2. The minimum atomic E-state index is -0.244. The zero-order valence-electron chi connectivity index (χ0n) is 16.6. The molecule has 1 aromatic carbocycles. The fourth-order valence-electron chi connectivity index (χ4n) is 3.80. The molecular weight excluding hydrogens is 425 g/mol. The second-order valence-corrected chi connectivity index (χ2v) is 8.00. The largest absolute Gasteiger partial charge is 0.455 e. The number of rotatable bonds is 7. The van der Waals surface area contributed by atoms with Gasteiger partial charge >= 0.3 is 0 Å². The summed E-state index contributed by atoms with van der Waals surface area (Å²) in [6.45, 7) is 3.18. The summed E-state index contributed by atoms with van der Waals surface area (Å²) in [5.74, 6) is 0.788. The predicted molar refractivity (Wildman–Crippen MR) is 116 cm³/mol. The van der Waals surface area contributed by atoms with Crippen LogP contribution >= 0.6 is 23.2 Å². The molecule has 1 amide bonds. The first kappa shape index (κ1) is 21.0. The van der Waals surface area contributed by atoms with Gasteiger partial charge in [-0.05, 0) is 42.0 Å². The van der Waals surface area contributed by atoms with Crippen LogP contribution in [0.15, 0.2) is 53.1 Å². The number of hydrogen-bond donors (Lipinski definition) is 1. The van der Waals surface area contributed by atoms with E-state index in [0.29, 0.717) is 35.5 Å². The summed E-state index contributed by atoms with van der Waals surface area (Å²) >= 11 is 12.4. The quantitative estimate of drug-likeness (QED) is 0.546. The van der Waals surface area contributed by atoms with Gasteiger partial charge in [0.15, 0.2) is 5.76 Å². The first-order valence-electron chi connectivity index (χ1n) is 9.76. The summed E-state index contributed by atoms with van der Waals surface area (Å²) in [7, 11) is 1.59. The number of hydrogen-bond acceptors (Lipinski definition) is 4. The molecule has 1 unspecified atom stereocenters. The second kappa shape index (κ2) is 9.27. The number of fused-ring (bicyclic) bond motifs is 1. The number of halogens is 2. The van der Waals surface area contributed by atoms with Crippen molar-refractivity contribution in [3.8, 4) is 0 Å². The van der Waals surface area contributed by atoms with Gasteiger partial charge in [-0.2, -0.15) is 0 Å². The lowest BCUT2D eigenvalue weighted by Crippen LogP contribution is -2.37. The summed E-state index contributed by atoms with van der Waals surface area (Å²) in [4.78, 5) is 14.5. The maximum atomic E-state index is 12.2. The van der Waals surface area contributed by atoms with Crippen LogP contribution in [0.3, 0.4) is 0 Å². The molecule has 0 fully saturated rings. The van der Waals surface area contributed by atoms with Crippen molar-refractivity contribution in [1.82, 2.24) is 14.8 Å². The average molecular weight is 448 g/mol. The lowest BCUT2D eigenvalue weighted by atomic mass is 10.00. The Morgan fingerprint density at radius 3 is 2.87 bits per heavy atom. The van der Waals surface area contributed by atoms with Crippen molar-refractivity contribution >= 4 is 29.1 Å². The highest BCUT2D eigenvalue weighted by Crippen LogP contribution is 2.36. The van der Waals surface area contributed by atoms with Gasteiger partial charge in [-0.3, -0.25) is 9.69 Å². The molecule has 3 aromatic rings. The monoisotopic (exact) mass is 447 g/mol. The molecule has 0 spiro atoms. The fraction of sp³-hybridized carbons (Fsp3) is 0.318. The van der Waals surface area contributed by atoms with Crippen molar-refractivity contribution in [2.75, 3.05) is 26.8 Å². The number of nitrogens with one attached hydrogen (secondary N) is 1. The zero-order valence-corrected chi connectivity index (χ0v) is 18.1. The number of carbonyl (C=O) groups excluding carboxylic acids is 1. The van der Waals surface area contributed by atoms with Crippen LogP contribution in [-0.4, -0.2) is 42.2 Å². The van der Waals surface area contributed by atoms with Crippen LogP contribution in [0.4, 0.5) is 0 Å². The third-order valence-electron chi connectivity index (χ3n) is 5.23. The highest BCUT2D eigenvalue weighted by Gasteiger charge is 2.30. The standard InChI is InChI=1S/C22H23Cl2N3O3/c1-29-12-8-25-22(28)20-7-5-16(30-20)14-27-11-10-26-9-2-3-19(26)21(27)15-4-6-17(23)18(24)13-15/h2-7,9,13,21H,8,10-12,14H2,1H3,(H,25,28). The molecule has 1 N–H and O–H groups in total. The number of carbonyl (C=O) groups is 1. The van der Waals surface area contributed by atoms with E-state index in [1.807, 2.05) is 24.3 Å². The van der Waals surface area contributed by atoms with Gasteiger partial charge in [0.05, 0.1) is 29.2 Å². The number of benzene rings is 1. The number of nitrogens with zero attached hydrogens (tertiary/aromatic N) is 2. The van der Waals surface area contributed by atoms with E-state index in [0.717, 1.165) is 24.4 Å². The van der Waals surface area contributed by atoms with Crippen LogP contribution in [0, 0.1) is 0 Å². The predicted octanol–water partition coefficient (Wildman–Crippen LogP) is 4.37. The third-order valence-corrected chi connectivity index (χ3v) is 5.97. The second-order valence-electron chi connectivity index (χ2n) is 7.19. The van der Waals surface area contributed by atoms with E-state index in [9.17, 15) is 4.79 Å². The summed E-state index contributed by atoms with van der Waals surface area (Å²) in [6.07, 6.45) is 2.09. The van der Waals surface area contributed by atoms with E-state index < -0.39 is 0 Å². The van der Waals surface area contributed by atoms with E-state index in [1.54, 1.807) is 13.2 Å². The molecule has 30 heavy (non-hydrogen) atoms. The highest BCUT2D eigenvalue weighted by molar-refractivity contribution is 6.42. The topological polar surface area (TPSA) is 59.6 Å². The van der Waals surface area contributed by atoms with Crippen molar-refractivity contribution in [3.63, 3.8) is 0 Å². The molecule has 2 aromatic heterocycles. The SMILES string of the molecule is COCCNC(=O)c1ccc(CN2CCn3cccc3C2c2ccc(Cl)c(Cl)c2)o1. The van der Waals surface area contributed by atoms with Gasteiger partial charge in [0.25, 0.3) is 5.91 Å². The smallest absolute Gasteiger partial charge is 0.287 e. The highest BCUT2D eigenvalue weighted by atomic mass is 35.5. The van der Waals surface area contributed by atoms with Crippen molar-refractivity contribution in [2.24, 2.45) is 0 Å². The lowest BCUT2D eigenvalue weighted by molar-refractivity contribution is 0.0903. The van der Waals surface area contributed by atoms with Crippen molar-refractivity contribution in [1.29, 1.82) is 0 Å². The Morgan fingerprint density at radius 2 is 2.07 bits per heavy atom. The Morgan fingerprint density at radius 1 is 1.20 bits per heavy atom. The molecule has 8 heteroatoms. The molecule has 3 heterocycles. The average Bonchev–Trinajstić information content (AvgIpc) is 3.40. The molecule has 0 saturated heterocycles. The number of furan rings is 1. The van der Waals surface area contributed by atoms with E-state index in [-0.39, 0.29) is 11.9 Å². The van der Waals surface area contributed by atoms with Gasteiger partial charge in [-0.25, -0.2) is 0 Å². The zero-order chi connectivity index (χ0) is 21.1. The normalized spacial score (nSPS) is 16.4. The molecule has 158 valence electrons. The molecule has 1 atom stereocenters. The molecule has 0 bridgehead atoms. The summed E-state index contributed by atoms with van der Waals surface area (Å²) in [5.41, 5.74) is 2.25. The number of methoxy groups -OCH3 is 1. The maximum Gasteiger partial charge on any atom is 0.287 e. The van der Waals surface area contributed by atoms with Crippen LogP contribution in [0.2, 0.25) is 10.0 Å². The fourth-order valence-corrected chi connectivity index (χ4v) is 4.11. The van der Waals surface area contributed by atoms with Crippen LogP contribution in [0.5, 0.6) is 0 Å². The van der Waals surface area contributed by atoms with Crippen LogP contribution in [0.25, 0.3) is 0 Å². The molecule has 4 rings (SSSR count). The van der Waals surface area contributed by atoms with E-state index in [4.69, 9.17) is 32.4 Å². The van der Waals surface area contributed by atoms with E-state index in [1.165, 1.54) is 5.69 Å². The van der Waals surface area contributed by atoms with Crippen LogP contribution < -0.4 is 5.32 Å². The first-order valence-corrected chi connectivity index (χ1v) is 10.5. The van der Waals surface area contributed by atoms with Gasteiger partial charge < -0.3 is 19.0 Å². The summed E-state index contributed by atoms with van der Waals surface area (Å²) in [5, 5.41) is 3.84. The molecule has 0 saturated carbocycles. The molecule has 0 aliphatic carbocycles. The minimum absolute atomic E-state index is 0.00703. The molecular formula is C22H23Cl2N3O3. The number of ether oxygens (including phenoxy) is 1. The van der Waals surface area contributed by atoms with Crippen molar-refractivity contribution in [3.05, 3.63) is 81.5 Å². The van der Waals surface area contributed by atoms with Gasteiger partial charge in [0, 0.05) is 38.6 Å². The van der Waals surface area contributed by atoms with Crippen LogP contribution in [0.1, 0.15) is 33.6 Å². The lowest BCUT2D eigenvalue weighted by Gasteiger charge is -2.37.